The van der Waals surface area contributed by atoms with Crippen molar-refractivity contribution in [3.05, 3.63) is 23.3 Å². The highest BCUT2D eigenvalue weighted by Gasteiger charge is 2.19. The zero-order chi connectivity index (χ0) is 12.1. The van der Waals surface area contributed by atoms with E-state index in [0.29, 0.717) is 24.0 Å². The Morgan fingerprint density at radius 2 is 2.06 bits per heavy atom. The summed E-state index contributed by atoms with van der Waals surface area (Å²) in [5, 5.41) is 9.11. The zero-order valence-electron chi connectivity index (χ0n) is 10.4. The van der Waals surface area contributed by atoms with Gasteiger partial charge in [0.2, 0.25) is 0 Å². The van der Waals surface area contributed by atoms with Crippen LogP contribution in [0.25, 0.3) is 0 Å². The number of aryl methyl sites for hydroxylation is 1. The average molecular weight is 224 g/mol. The molecule has 1 unspecified atom stereocenters. The molecule has 16 heavy (non-hydrogen) atoms. The molecule has 0 fully saturated rings. The normalized spacial score (nSPS) is 13.1. The molecule has 1 aromatic heterocycles. The van der Waals surface area contributed by atoms with Crippen LogP contribution in [0.4, 0.5) is 0 Å². The smallest absolute Gasteiger partial charge is 0.157 e. The molecule has 90 valence electrons. The molecule has 0 aliphatic carbocycles. The molecular weight excluding hydrogens is 204 g/mol. The lowest BCUT2D eigenvalue weighted by atomic mass is 10.1. The standard InChI is InChI=1S/C12H20N2O2/c1-5-16-11(8(2)3)12-13-9(4)6-10(7-15)14-12/h6,8,11,15H,5,7H2,1-4H3. The second-order valence-corrected chi connectivity index (χ2v) is 4.14. The van der Waals surface area contributed by atoms with Crippen molar-refractivity contribution < 1.29 is 9.84 Å². The molecule has 1 atom stereocenters. The Hall–Kier alpha value is -1.00. The average Bonchev–Trinajstić information content (AvgIpc) is 2.24. The molecule has 0 saturated heterocycles. The van der Waals surface area contributed by atoms with Gasteiger partial charge in [-0.1, -0.05) is 13.8 Å². The van der Waals surface area contributed by atoms with E-state index >= 15 is 0 Å². The quantitative estimate of drug-likeness (QED) is 0.831. The minimum atomic E-state index is -0.102. The first-order valence-corrected chi connectivity index (χ1v) is 5.65. The molecule has 4 heteroatoms. The van der Waals surface area contributed by atoms with Crippen LogP contribution < -0.4 is 0 Å². The topological polar surface area (TPSA) is 55.2 Å². The number of nitrogens with zero attached hydrogens (tertiary/aromatic N) is 2. The first kappa shape index (κ1) is 13.1. The van der Waals surface area contributed by atoms with Gasteiger partial charge in [0.1, 0.15) is 6.10 Å². The maximum Gasteiger partial charge on any atom is 0.157 e. The predicted octanol–water partition coefficient (Wildman–Crippen LogP) is 2.01. The van der Waals surface area contributed by atoms with Crippen molar-refractivity contribution >= 4 is 0 Å². The van der Waals surface area contributed by atoms with Crippen molar-refractivity contribution in [1.29, 1.82) is 0 Å². The summed E-state index contributed by atoms with van der Waals surface area (Å²) in [7, 11) is 0. The number of rotatable bonds is 5. The highest BCUT2D eigenvalue weighted by molar-refractivity contribution is 5.11. The molecular formula is C12H20N2O2. The SMILES string of the molecule is CCOC(c1nc(C)cc(CO)n1)C(C)C. The van der Waals surface area contributed by atoms with Crippen molar-refractivity contribution in [1.82, 2.24) is 9.97 Å². The predicted molar refractivity (Wildman–Crippen MR) is 61.9 cm³/mol. The van der Waals surface area contributed by atoms with Crippen molar-refractivity contribution in [3.8, 4) is 0 Å². The fraction of sp³-hybridized carbons (Fsp3) is 0.667. The molecule has 0 aromatic carbocycles. The largest absolute Gasteiger partial charge is 0.390 e. The molecule has 0 aliphatic rings. The molecule has 0 bridgehead atoms. The van der Waals surface area contributed by atoms with Gasteiger partial charge in [0.05, 0.1) is 12.3 Å². The van der Waals surface area contributed by atoms with Crippen LogP contribution in [0.3, 0.4) is 0 Å². The Balaban J connectivity index is 3.03. The van der Waals surface area contributed by atoms with Gasteiger partial charge < -0.3 is 9.84 Å². The summed E-state index contributed by atoms with van der Waals surface area (Å²) in [6, 6.07) is 1.78. The number of aromatic nitrogens is 2. The zero-order valence-corrected chi connectivity index (χ0v) is 10.4. The summed E-state index contributed by atoms with van der Waals surface area (Å²) in [5.41, 5.74) is 1.51. The minimum absolute atomic E-state index is 0.0622. The lowest BCUT2D eigenvalue weighted by Gasteiger charge is -2.20. The van der Waals surface area contributed by atoms with Crippen molar-refractivity contribution in [2.75, 3.05) is 6.61 Å². The van der Waals surface area contributed by atoms with E-state index < -0.39 is 0 Å². The van der Waals surface area contributed by atoms with Crippen LogP contribution in [0.2, 0.25) is 0 Å². The van der Waals surface area contributed by atoms with E-state index in [4.69, 9.17) is 9.84 Å². The van der Waals surface area contributed by atoms with E-state index in [9.17, 15) is 0 Å². The van der Waals surface area contributed by atoms with Gasteiger partial charge in [-0.05, 0) is 25.8 Å². The second-order valence-electron chi connectivity index (χ2n) is 4.14. The van der Waals surface area contributed by atoms with Gasteiger partial charge in [-0.3, -0.25) is 0 Å². The Kier molecular flexibility index (Phi) is 4.83. The van der Waals surface area contributed by atoms with Gasteiger partial charge >= 0.3 is 0 Å². The van der Waals surface area contributed by atoms with Gasteiger partial charge in [0.25, 0.3) is 0 Å². The maximum absolute atomic E-state index is 9.11. The van der Waals surface area contributed by atoms with Gasteiger partial charge in [0.15, 0.2) is 5.82 Å². The third kappa shape index (κ3) is 3.25. The third-order valence-electron chi connectivity index (χ3n) is 2.29. The molecule has 4 nitrogen and oxygen atoms in total. The summed E-state index contributed by atoms with van der Waals surface area (Å²) in [4.78, 5) is 8.68. The van der Waals surface area contributed by atoms with E-state index in [1.807, 2.05) is 13.8 Å². The molecule has 1 N–H and O–H groups in total. The van der Waals surface area contributed by atoms with Gasteiger partial charge in [-0.2, -0.15) is 0 Å². The lowest BCUT2D eigenvalue weighted by molar-refractivity contribution is 0.0227. The van der Waals surface area contributed by atoms with E-state index in [1.165, 1.54) is 0 Å². The van der Waals surface area contributed by atoms with Crippen LogP contribution >= 0.6 is 0 Å². The molecule has 0 spiro atoms. The highest BCUT2D eigenvalue weighted by Crippen LogP contribution is 2.23. The number of ether oxygens (including phenoxy) is 1. The first-order chi connectivity index (χ1) is 7.58. The van der Waals surface area contributed by atoms with Crippen molar-refractivity contribution in [2.24, 2.45) is 5.92 Å². The first-order valence-electron chi connectivity index (χ1n) is 5.65. The fourth-order valence-corrected chi connectivity index (χ4v) is 1.61. The number of aliphatic hydroxyl groups excluding tert-OH is 1. The molecule has 1 rings (SSSR count). The number of aliphatic hydroxyl groups is 1. The van der Waals surface area contributed by atoms with Gasteiger partial charge in [0, 0.05) is 12.3 Å². The minimum Gasteiger partial charge on any atom is -0.390 e. The van der Waals surface area contributed by atoms with E-state index in [-0.39, 0.29) is 12.7 Å². The summed E-state index contributed by atoms with van der Waals surface area (Å²) in [6.07, 6.45) is -0.102. The van der Waals surface area contributed by atoms with Crippen LogP contribution in [0, 0.1) is 12.8 Å². The van der Waals surface area contributed by atoms with Crippen LogP contribution in [0.1, 0.15) is 44.1 Å². The molecule has 0 aliphatic heterocycles. The van der Waals surface area contributed by atoms with Crippen LogP contribution in [0.5, 0.6) is 0 Å². The summed E-state index contributed by atoms with van der Waals surface area (Å²) >= 11 is 0. The Morgan fingerprint density at radius 3 is 2.56 bits per heavy atom. The molecule has 0 amide bonds. The summed E-state index contributed by atoms with van der Waals surface area (Å²) < 4.78 is 5.64. The summed E-state index contributed by atoms with van der Waals surface area (Å²) in [6.45, 7) is 8.57. The molecule has 1 heterocycles. The molecule has 1 aromatic rings. The molecule has 0 radical (unpaired) electrons. The van der Waals surface area contributed by atoms with E-state index in [1.54, 1.807) is 6.07 Å². The number of hydrogen-bond acceptors (Lipinski definition) is 4. The monoisotopic (exact) mass is 224 g/mol. The Morgan fingerprint density at radius 1 is 1.38 bits per heavy atom. The molecule has 0 saturated carbocycles. The Labute approximate surface area is 96.7 Å². The van der Waals surface area contributed by atoms with E-state index in [0.717, 1.165) is 5.69 Å². The van der Waals surface area contributed by atoms with E-state index in [2.05, 4.69) is 23.8 Å². The van der Waals surface area contributed by atoms with Crippen molar-refractivity contribution in [2.45, 2.75) is 40.4 Å². The highest BCUT2D eigenvalue weighted by atomic mass is 16.5. The fourth-order valence-electron chi connectivity index (χ4n) is 1.61. The second kappa shape index (κ2) is 5.92. The lowest BCUT2D eigenvalue weighted by Crippen LogP contribution is -2.16. The maximum atomic E-state index is 9.11. The number of hydrogen-bond donors (Lipinski definition) is 1. The van der Waals surface area contributed by atoms with Crippen LogP contribution in [-0.2, 0) is 11.3 Å². The van der Waals surface area contributed by atoms with Crippen LogP contribution in [0.15, 0.2) is 6.07 Å². The van der Waals surface area contributed by atoms with Crippen molar-refractivity contribution in [3.63, 3.8) is 0 Å². The summed E-state index contributed by atoms with van der Waals surface area (Å²) in [5.74, 6) is 0.981. The van der Waals surface area contributed by atoms with Gasteiger partial charge in [-0.15, -0.1) is 0 Å². The third-order valence-corrected chi connectivity index (χ3v) is 2.29. The van der Waals surface area contributed by atoms with Gasteiger partial charge in [-0.25, -0.2) is 9.97 Å². The Bertz CT molecular complexity index is 340. The van der Waals surface area contributed by atoms with Crippen LogP contribution in [-0.4, -0.2) is 21.7 Å².